The molecule has 0 spiro atoms. The van der Waals surface area contributed by atoms with E-state index >= 15 is 0 Å². The lowest BCUT2D eigenvalue weighted by molar-refractivity contribution is -0.144. The largest absolute Gasteiger partial charge is 0.465 e. The second kappa shape index (κ2) is 10.5. The summed E-state index contributed by atoms with van der Waals surface area (Å²) in [6.45, 7) is 3.30. The van der Waals surface area contributed by atoms with Gasteiger partial charge in [-0.25, -0.2) is 24.4 Å². The number of nitrogens with two attached hydrogens (primary N) is 1. The molecule has 4 atom stereocenters. The van der Waals surface area contributed by atoms with Crippen molar-refractivity contribution in [3.05, 3.63) is 54.9 Å². The first-order valence-electron chi connectivity index (χ1n) is 10.6. The zero-order valence-corrected chi connectivity index (χ0v) is 19.8. The minimum atomic E-state index is -3.83. The van der Waals surface area contributed by atoms with Crippen molar-refractivity contribution in [3.63, 3.8) is 0 Å². The monoisotopic (exact) mass is 506 g/mol. The summed E-state index contributed by atoms with van der Waals surface area (Å²) in [5.74, 6) is -0.847. The number of hydrogen-bond donors (Lipinski definition) is 2. The number of rotatable bonds is 10. The first-order chi connectivity index (χ1) is 16.8. The molecule has 0 aliphatic carbocycles. The predicted octanol–water partition coefficient (Wildman–Crippen LogP) is 2.90. The van der Waals surface area contributed by atoms with E-state index in [1.165, 1.54) is 24.1 Å². The molecular weight excluding hydrogens is 482 g/mol. The summed E-state index contributed by atoms with van der Waals surface area (Å²) in [6, 6.07) is 7.40. The van der Waals surface area contributed by atoms with E-state index in [2.05, 4.69) is 20.0 Å². The number of hydrogen-bond acceptors (Lipinski definition) is 10. The third kappa shape index (κ3) is 5.65. The average Bonchev–Trinajstić information content (AvgIpc) is 3.42. The van der Waals surface area contributed by atoms with E-state index in [4.69, 9.17) is 24.5 Å². The molecule has 0 bridgehead atoms. The van der Waals surface area contributed by atoms with Crippen molar-refractivity contribution in [3.8, 4) is 5.75 Å². The van der Waals surface area contributed by atoms with Crippen LogP contribution in [0.15, 0.2) is 54.9 Å². The molecule has 1 aliphatic rings. The van der Waals surface area contributed by atoms with Crippen molar-refractivity contribution < 1.29 is 32.5 Å². The molecule has 0 saturated heterocycles. The van der Waals surface area contributed by atoms with Gasteiger partial charge in [0, 0.05) is 6.08 Å². The van der Waals surface area contributed by atoms with E-state index < -0.39 is 44.2 Å². The van der Waals surface area contributed by atoms with Crippen LogP contribution in [-0.2, 0) is 23.6 Å². The van der Waals surface area contributed by atoms with Gasteiger partial charge in [0.15, 0.2) is 36.2 Å². The van der Waals surface area contributed by atoms with Gasteiger partial charge in [-0.05, 0) is 26.0 Å². The Morgan fingerprint density at radius 1 is 1.31 bits per heavy atom. The molecule has 1 aliphatic heterocycles. The van der Waals surface area contributed by atoms with Gasteiger partial charge in [-0.2, -0.15) is 0 Å². The number of ether oxygens (including phenoxy) is 3. The molecule has 12 nitrogen and oxygen atoms in total. The van der Waals surface area contributed by atoms with Gasteiger partial charge in [0.1, 0.15) is 23.6 Å². The van der Waals surface area contributed by atoms with Crippen molar-refractivity contribution in [2.45, 2.75) is 32.4 Å². The fraction of sp³-hybridized carbons (Fsp3) is 0.333. The molecule has 1 aromatic carbocycles. The second-order valence-electron chi connectivity index (χ2n) is 7.47. The number of esters is 1. The summed E-state index contributed by atoms with van der Waals surface area (Å²) >= 11 is 0. The molecule has 35 heavy (non-hydrogen) atoms. The van der Waals surface area contributed by atoms with E-state index in [-0.39, 0.29) is 23.8 Å². The van der Waals surface area contributed by atoms with Crippen LogP contribution in [0.3, 0.4) is 0 Å². The van der Waals surface area contributed by atoms with E-state index in [1.807, 2.05) is 0 Å². The lowest BCUT2D eigenvalue weighted by Crippen LogP contribution is -2.36. The molecule has 14 heteroatoms. The standard InChI is InChI=1S/C21H24FN6O6P/c1-3-31-21(29)13(2)27-35(30,34-14-7-5-4-6-8-14)12-32-16-9-15(22)20(33-16)28-11-26-17-18(23)24-10-25-19(17)28/h4-11,13,16,20H,3,12H2,1-2H3,(H,27,30)(H2,23,24,25)/t13-,16-,20?,35-/m0/s1. The second-order valence-corrected chi connectivity index (χ2v) is 9.51. The number of carbonyl (C=O) groups is 1. The Hall–Kier alpha value is -3.38. The molecule has 3 aromatic rings. The lowest BCUT2D eigenvalue weighted by atomic mass is 10.3. The van der Waals surface area contributed by atoms with E-state index in [0.29, 0.717) is 5.52 Å². The average molecular weight is 506 g/mol. The van der Waals surface area contributed by atoms with Crippen LogP contribution < -0.4 is 15.3 Å². The number of nitrogen functional groups attached to an aromatic ring is 1. The van der Waals surface area contributed by atoms with Crippen molar-refractivity contribution >= 4 is 30.5 Å². The molecule has 186 valence electrons. The predicted molar refractivity (Wildman–Crippen MR) is 123 cm³/mol. The highest BCUT2D eigenvalue weighted by Crippen LogP contribution is 2.45. The quantitative estimate of drug-likeness (QED) is 0.308. The van der Waals surface area contributed by atoms with Crippen LogP contribution in [0.2, 0.25) is 0 Å². The Bertz CT molecular complexity index is 1270. The maximum Gasteiger partial charge on any atom is 0.342 e. The number of halogens is 1. The van der Waals surface area contributed by atoms with E-state index in [9.17, 15) is 13.8 Å². The number of nitrogens with one attached hydrogen (secondary N) is 1. The Kier molecular flexibility index (Phi) is 7.41. The van der Waals surface area contributed by atoms with Gasteiger partial charge >= 0.3 is 13.5 Å². The molecule has 0 amide bonds. The molecule has 3 heterocycles. The Balaban J connectivity index is 1.47. The summed E-state index contributed by atoms with van der Waals surface area (Å²) in [6.07, 6.45) is 0.676. The first-order valence-corrected chi connectivity index (χ1v) is 12.5. The number of anilines is 1. The fourth-order valence-electron chi connectivity index (χ4n) is 3.30. The van der Waals surface area contributed by atoms with Crippen molar-refractivity contribution in [2.75, 3.05) is 18.7 Å². The van der Waals surface area contributed by atoms with Crippen molar-refractivity contribution in [1.29, 1.82) is 0 Å². The number of nitrogens with zero attached hydrogens (tertiary/aromatic N) is 4. The number of imidazole rings is 1. The van der Waals surface area contributed by atoms with Crippen LogP contribution in [0.1, 0.15) is 20.1 Å². The summed E-state index contributed by atoms with van der Waals surface area (Å²) in [5.41, 5.74) is 6.35. The van der Waals surface area contributed by atoms with Crippen LogP contribution in [0, 0.1) is 0 Å². The minimum absolute atomic E-state index is 0.143. The van der Waals surface area contributed by atoms with Crippen LogP contribution in [0.4, 0.5) is 10.2 Å². The number of benzene rings is 1. The normalized spacial score (nSPS) is 20.3. The lowest BCUT2D eigenvalue weighted by Gasteiger charge is -2.24. The Morgan fingerprint density at radius 2 is 2.09 bits per heavy atom. The third-order valence-corrected chi connectivity index (χ3v) is 6.64. The molecule has 0 saturated carbocycles. The van der Waals surface area contributed by atoms with Gasteiger partial charge in [-0.15, -0.1) is 0 Å². The number of fused-ring (bicyclic) bond motifs is 1. The molecular formula is C21H24FN6O6P. The smallest absolute Gasteiger partial charge is 0.342 e. The van der Waals surface area contributed by atoms with Crippen molar-refractivity contribution in [1.82, 2.24) is 24.6 Å². The van der Waals surface area contributed by atoms with E-state index in [0.717, 1.165) is 6.08 Å². The Labute approximate surface area is 199 Å². The summed E-state index contributed by atoms with van der Waals surface area (Å²) < 4.78 is 51.5. The molecule has 4 rings (SSSR count). The van der Waals surface area contributed by atoms with Crippen LogP contribution in [-0.4, -0.2) is 50.8 Å². The molecule has 3 N–H and O–H groups in total. The van der Waals surface area contributed by atoms with Crippen LogP contribution in [0.25, 0.3) is 11.2 Å². The minimum Gasteiger partial charge on any atom is -0.465 e. The van der Waals surface area contributed by atoms with E-state index in [1.54, 1.807) is 37.3 Å². The highest BCUT2D eigenvalue weighted by atomic mass is 31.2. The SMILES string of the molecule is CCOC(=O)[C@H](C)N[P@](=O)(CO[C@@H]1C=C(F)C(n2cnc3c(N)ncnc32)O1)Oc1ccccc1. The first kappa shape index (κ1) is 24.7. The highest BCUT2D eigenvalue weighted by molar-refractivity contribution is 7.57. The van der Waals surface area contributed by atoms with Crippen LogP contribution >= 0.6 is 7.52 Å². The third-order valence-electron chi connectivity index (χ3n) is 4.87. The number of carbonyl (C=O) groups excluding carboxylic acids is 1. The topological polar surface area (TPSA) is 153 Å². The van der Waals surface area contributed by atoms with Gasteiger partial charge in [-0.3, -0.25) is 13.9 Å². The summed E-state index contributed by atoms with van der Waals surface area (Å²) in [4.78, 5) is 24.1. The zero-order valence-electron chi connectivity index (χ0n) is 18.9. The van der Waals surface area contributed by atoms with Gasteiger partial charge < -0.3 is 24.5 Å². The van der Waals surface area contributed by atoms with Gasteiger partial charge in [0.25, 0.3) is 0 Å². The van der Waals surface area contributed by atoms with Gasteiger partial charge in [0.2, 0.25) is 0 Å². The molecule has 1 unspecified atom stereocenters. The maximum absolute atomic E-state index is 14.8. The number of para-hydroxylation sites is 1. The zero-order chi connectivity index (χ0) is 25.0. The number of aromatic nitrogens is 4. The highest BCUT2D eigenvalue weighted by Gasteiger charge is 2.36. The Morgan fingerprint density at radius 3 is 2.83 bits per heavy atom. The molecule has 2 aromatic heterocycles. The summed E-state index contributed by atoms with van der Waals surface area (Å²) in [7, 11) is -3.83. The molecule has 0 fully saturated rings. The fourth-order valence-corrected chi connectivity index (χ4v) is 4.98. The van der Waals surface area contributed by atoms with Gasteiger partial charge in [-0.1, -0.05) is 18.2 Å². The van der Waals surface area contributed by atoms with Gasteiger partial charge in [0.05, 0.1) is 12.9 Å². The summed E-state index contributed by atoms with van der Waals surface area (Å²) in [5, 5.41) is 2.65. The van der Waals surface area contributed by atoms with Crippen molar-refractivity contribution in [2.24, 2.45) is 0 Å². The maximum atomic E-state index is 14.8. The molecule has 0 radical (unpaired) electrons. The van der Waals surface area contributed by atoms with Crippen LogP contribution in [0.5, 0.6) is 5.75 Å².